The van der Waals surface area contributed by atoms with Gasteiger partial charge < -0.3 is 11.1 Å². The molecule has 0 saturated heterocycles. The molecule has 0 fully saturated rings. The Balaban J connectivity index is 1.60. The Hall–Kier alpha value is -3.25. The van der Waals surface area contributed by atoms with Gasteiger partial charge in [-0.05, 0) is 48.0 Å². The summed E-state index contributed by atoms with van der Waals surface area (Å²) in [7, 11) is 0. The molecule has 0 spiro atoms. The van der Waals surface area contributed by atoms with Gasteiger partial charge in [-0.1, -0.05) is 41.7 Å². The van der Waals surface area contributed by atoms with E-state index >= 15 is 0 Å². The second-order valence-corrected chi connectivity index (χ2v) is 6.71. The molecule has 26 heavy (non-hydrogen) atoms. The van der Waals surface area contributed by atoms with Crippen LogP contribution in [0.2, 0.25) is 0 Å². The summed E-state index contributed by atoms with van der Waals surface area (Å²) in [6.45, 7) is 0. The molecule has 3 aromatic carbocycles. The van der Waals surface area contributed by atoms with Crippen molar-refractivity contribution in [2.45, 2.75) is 0 Å². The number of benzene rings is 3. The van der Waals surface area contributed by atoms with Crippen LogP contribution >= 0.6 is 11.3 Å². The zero-order chi connectivity index (χ0) is 17.9. The first-order valence-corrected chi connectivity index (χ1v) is 8.82. The SMILES string of the molecule is Nc1nnc(-c2ccc(Nc3ccccc3-c3ccc(F)cc3)cc2)s1. The number of halogens is 1. The number of hydrogen-bond acceptors (Lipinski definition) is 5. The Morgan fingerprint density at radius 2 is 1.50 bits per heavy atom. The fourth-order valence-electron chi connectivity index (χ4n) is 2.68. The molecule has 4 rings (SSSR count). The molecule has 0 atom stereocenters. The van der Waals surface area contributed by atoms with Crippen LogP contribution in [0.5, 0.6) is 0 Å². The van der Waals surface area contributed by atoms with Gasteiger partial charge in [0.25, 0.3) is 0 Å². The van der Waals surface area contributed by atoms with Crippen LogP contribution in [0.25, 0.3) is 21.7 Å². The highest BCUT2D eigenvalue weighted by molar-refractivity contribution is 7.18. The van der Waals surface area contributed by atoms with Gasteiger partial charge >= 0.3 is 0 Å². The normalized spacial score (nSPS) is 10.7. The second kappa shape index (κ2) is 6.93. The minimum absolute atomic E-state index is 0.243. The largest absolute Gasteiger partial charge is 0.374 e. The van der Waals surface area contributed by atoms with E-state index < -0.39 is 0 Å². The number of nitrogens with two attached hydrogens (primary N) is 1. The molecule has 0 bridgehead atoms. The highest BCUT2D eigenvalue weighted by atomic mass is 32.1. The van der Waals surface area contributed by atoms with Crippen LogP contribution in [0.15, 0.2) is 72.8 Å². The number of rotatable bonds is 4. The number of nitrogens with zero attached hydrogens (tertiary/aromatic N) is 2. The molecule has 0 saturated carbocycles. The maximum Gasteiger partial charge on any atom is 0.203 e. The molecule has 0 unspecified atom stereocenters. The van der Waals surface area contributed by atoms with Crippen molar-refractivity contribution >= 4 is 27.8 Å². The minimum atomic E-state index is -0.243. The zero-order valence-corrected chi connectivity index (χ0v) is 14.5. The maximum atomic E-state index is 13.2. The van der Waals surface area contributed by atoms with Crippen molar-refractivity contribution in [1.29, 1.82) is 0 Å². The monoisotopic (exact) mass is 362 g/mol. The van der Waals surface area contributed by atoms with Crippen molar-refractivity contribution in [3.63, 3.8) is 0 Å². The van der Waals surface area contributed by atoms with Crippen LogP contribution < -0.4 is 11.1 Å². The van der Waals surface area contributed by atoms with E-state index in [9.17, 15) is 4.39 Å². The Morgan fingerprint density at radius 1 is 0.808 bits per heavy atom. The Labute approximate surface area is 154 Å². The summed E-state index contributed by atoms with van der Waals surface area (Å²) >= 11 is 1.36. The lowest BCUT2D eigenvalue weighted by Crippen LogP contribution is -1.93. The Kier molecular flexibility index (Phi) is 4.33. The summed E-state index contributed by atoms with van der Waals surface area (Å²) < 4.78 is 13.2. The van der Waals surface area contributed by atoms with E-state index in [1.807, 2.05) is 48.5 Å². The summed E-state index contributed by atoms with van der Waals surface area (Å²) in [6.07, 6.45) is 0. The van der Waals surface area contributed by atoms with Crippen LogP contribution in [0.1, 0.15) is 0 Å². The van der Waals surface area contributed by atoms with Gasteiger partial charge in [-0.25, -0.2) is 4.39 Å². The third-order valence-electron chi connectivity index (χ3n) is 3.93. The smallest absolute Gasteiger partial charge is 0.203 e. The highest BCUT2D eigenvalue weighted by Crippen LogP contribution is 2.31. The molecule has 0 aliphatic rings. The molecule has 6 heteroatoms. The molecule has 4 aromatic rings. The van der Waals surface area contributed by atoms with Crippen LogP contribution in [0, 0.1) is 5.82 Å². The first-order valence-electron chi connectivity index (χ1n) is 8.00. The molecule has 0 radical (unpaired) electrons. The average molecular weight is 362 g/mol. The van der Waals surface area contributed by atoms with Gasteiger partial charge in [-0.3, -0.25) is 0 Å². The van der Waals surface area contributed by atoms with E-state index in [4.69, 9.17) is 5.73 Å². The van der Waals surface area contributed by atoms with Gasteiger partial charge in [0.1, 0.15) is 10.8 Å². The van der Waals surface area contributed by atoms with Crippen LogP contribution in [0.3, 0.4) is 0 Å². The van der Waals surface area contributed by atoms with E-state index in [-0.39, 0.29) is 5.82 Å². The van der Waals surface area contributed by atoms with E-state index in [2.05, 4.69) is 15.5 Å². The fraction of sp³-hybridized carbons (Fsp3) is 0. The third kappa shape index (κ3) is 3.41. The van der Waals surface area contributed by atoms with Gasteiger partial charge in [-0.2, -0.15) is 0 Å². The lowest BCUT2D eigenvalue weighted by molar-refractivity contribution is 0.628. The fourth-order valence-corrected chi connectivity index (χ4v) is 3.29. The lowest BCUT2D eigenvalue weighted by atomic mass is 10.0. The molecule has 3 N–H and O–H groups in total. The maximum absolute atomic E-state index is 13.2. The molecular formula is C20H15FN4S. The summed E-state index contributed by atoms with van der Waals surface area (Å²) in [5.41, 5.74) is 10.5. The van der Waals surface area contributed by atoms with Crippen LogP contribution in [-0.2, 0) is 0 Å². The van der Waals surface area contributed by atoms with Gasteiger partial charge in [0.15, 0.2) is 0 Å². The summed E-state index contributed by atoms with van der Waals surface area (Å²) in [5.74, 6) is -0.243. The number of nitrogens with one attached hydrogen (secondary N) is 1. The van der Waals surface area contributed by atoms with Crippen LogP contribution in [-0.4, -0.2) is 10.2 Å². The summed E-state index contributed by atoms with van der Waals surface area (Å²) in [6, 6.07) is 22.3. The summed E-state index contributed by atoms with van der Waals surface area (Å²) in [4.78, 5) is 0. The predicted octanol–water partition coefficient (Wildman–Crippen LogP) is 5.34. The average Bonchev–Trinajstić information content (AvgIpc) is 3.10. The van der Waals surface area contributed by atoms with E-state index in [1.54, 1.807) is 12.1 Å². The molecular weight excluding hydrogens is 347 g/mol. The zero-order valence-electron chi connectivity index (χ0n) is 13.7. The molecule has 4 nitrogen and oxygen atoms in total. The minimum Gasteiger partial charge on any atom is -0.374 e. The van der Waals surface area contributed by atoms with Crippen LogP contribution in [0.4, 0.5) is 20.9 Å². The molecule has 0 amide bonds. The molecule has 0 aliphatic carbocycles. The standard InChI is InChI=1S/C20H15FN4S/c21-15-9-5-13(6-10-15)17-3-1-2-4-18(17)23-16-11-7-14(8-12-16)19-24-25-20(22)26-19/h1-12,23H,(H2,22,25). The van der Waals surface area contributed by atoms with Crippen molar-refractivity contribution < 1.29 is 4.39 Å². The highest BCUT2D eigenvalue weighted by Gasteiger charge is 2.07. The lowest BCUT2D eigenvalue weighted by Gasteiger charge is -2.12. The van der Waals surface area contributed by atoms with Gasteiger partial charge in [-0.15, -0.1) is 10.2 Å². The molecule has 128 valence electrons. The predicted molar refractivity (Wildman–Crippen MR) is 105 cm³/mol. The number of anilines is 3. The van der Waals surface area contributed by atoms with Crippen molar-refractivity contribution in [2.75, 3.05) is 11.1 Å². The number of nitrogen functional groups attached to an aromatic ring is 1. The topological polar surface area (TPSA) is 63.8 Å². The van der Waals surface area contributed by atoms with Gasteiger partial charge in [0.2, 0.25) is 5.13 Å². The molecule has 0 aliphatic heterocycles. The van der Waals surface area contributed by atoms with Crippen molar-refractivity contribution in [1.82, 2.24) is 10.2 Å². The van der Waals surface area contributed by atoms with Crippen molar-refractivity contribution in [2.24, 2.45) is 0 Å². The molecule has 1 aromatic heterocycles. The molecule has 1 heterocycles. The van der Waals surface area contributed by atoms with E-state index in [0.717, 1.165) is 33.1 Å². The second-order valence-electron chi connectivity index (χ2n) is 5.70. The number of aromatic nitrogens is 2. The quantitative estimate of drug-likeness (QED) is 0.514. The van der Waals surface area contributed by atoms with Crippen molar-refractivity contribution in [3.8, 4) is 21.7 Å². The van der Waals surface area contributed by atoms with Gasteiger partial charge in [0, 0.05) is 22.5 Å². The first-order chi connectivity index (χ1) is 12.7. The van der Waals surface area contributed by atoms with Crippen molar-refractivity contribution in [3.05, 3.63) is 78.6 Å². The third-order valence-corrected chi connectivity index (χ3v) is 4.74. The number of para-hydroxylation sites is 1. The summed E-state index contributed by atoms with van der Waals surface area (Å²) in [5, 5.41) is 12.6. The van der Waals surface area contributed by atoms with E-state index in [0.29, 0.717) is 5.13 Å². The Bertz CT molecular complexity index is 1030. The first kappa shape index (κ1) is 16.2. The van der Waals surface area contributed by atoms with Gasteiger partial charge in [0.05, 0.1) is 0 Å². The van der Waals surface area contributed by atoms with E-state index in [1.165, 1.54) is 23.5 Å². The number of hydrogen-bond donors (Lipinski definition) is 2. The Morgan fingerprint density at radius 3 is 2.19 bits per heavy atom.